The molecule has 4 aromatic rings. The maximum atomic E-state index is 13.3. The van der Waals surface area contributed by atoms with Gasteiger partial charge >= 0.3 is 0 Å². The highest BCUT2D eigenvalue weighted by atomic mass is 32.2. The van der Waals surface area contributed by atoms with Crippen LogP contribution < -0.4 is 5.56 Å². The molecule has 0 bridgehead atoms. The number of carbonyl (C=O) groups excluding carboxylic acids is 1. The Hall–Kier alpha value is -2.97. The molecular formula is C22H17FN2O3S2. The van der Waals surface area contributed by atoms with Crippen molar-refractivity contribution in [3.8, 4) is 11.3 Å². The summed E-state index contributed by atoms with van der Waals surface area (Å²) in [4.78, 5) is 30.9. The van der Waals surface area contributed by atoms with Gasteiger partial charge in [-0.15, -0.1) is 17.9 Å². The van der Waals surface area contributed by atoms with Gasteiger partial charge < -0.3 is 4.42 Å². The van der Waals surface area contributed by atoms with Crippen molar-refractivity contribution in [3.05, 3.63) is 81.9 Å². The minimum atomic E-state index is -0.397. The lowest BCUT2D eigenvalue weighted by molar-refractivity contribution is 0.102. The van der Waals surface area contributed by atoms with Crippen molar-refractivity contribution in [3.63, 3.8) is 0 Å². The number of halogens is 1. The zero-order valence-electron chi connectivity index (χ0n) is 16.1. The lowest BCUT2D eigenvalue weighted by Crippen LogP contribution is -2.23. The van der Waals surface area contributed by atoms with E-state index in [0.717, 1.165) is 5.76 Å². The standard InChI is InChI=1S/C22H17FN2O3S2/c1-3-10-25-21(27)19-16(18-9-4-13(2)28-18)11-29-20(19)24-22(25)30-12-17(26)14-5-7-15(23)8-6-14/h3-9,11H,1,10,12H2,2H3. The van der Waals surface area contributed by atoms with Crippen molar-refractivity contribution in [2.75, 3.05) is 5.75 Å². The van der Waals surface area contributed by atoms with Crippen molar-refractivity contribution in [2.45, 2.75) is 18.6 Å². The quantitative estimate of drug-likeness (QED) is 0.168. The predicted molar refractivity (Wildman–Crippen MR) is 118 cm³/mol. The van der Waals surface area contributed by atoms with Gasteiger partial charge in [0.1, 0.15) is 22.2 Å². The summed E-state index contributed by atoms with van der Waals surface area (Å²) < 4.78 is 20.3. The van der Waals surface area contributed by atoms with Gasteiger partial charge in [-0.2, -0.15) is 0 Å². The van der Waals surface area contributed by atoms with Gasteiger partial charge in [-0.25, -0.2) is 9.37 Å². The number of carbonyl (C=O) groups is 1. The van der Waals surface area contributed by atoms with Crippen LogP contribution in [-0.4, -0.2) is 21.1 Å². The summed E-state index contributed by atoms with van der Waals surface area (Å²) in [6, 6.07) is 9.07. The van der Waals surface area contributed by atoms with Crippen molar-refractivity contribution in [1.29, 1.82) is 0 Å². The van der Waals surface area contributed by atoms with Gasteiger partial charge in [-0.1, -0.05) is 17.8 Å². The summed E-state index contributed by atoms with van der Waals surface area (Å²) in [5.74, 6) is 0.893. The Morgan fingerprint density at radius 1 is 1.30 bits per heavy atom. The number of ketones is 1. The molecule has 1 aromatic carbocycles. The molecule has 0 N–H and O–H groups in total. The van der Waals surface area contributed by atoms with Crippen LogP contribution in [0.3, 0.4) is 0 Å². The molecule has 0 saturated carbocycles. The van der Waals surface area contributed by atoms with Crippen LogP contribution in [-0.2, 0) is 6.54 Å². The predicted octanol–water partition coefficient (Wildman–Crippen LogP) is 5.33. The number of rotatable bonds is 7. The summed E-state index contributed by atoms with van der Waals surface area (Å²) in [7, 11) is 0. The van der Waals surface area contributed by atoms with E-state index >= 15 is 0 Å². The molecule has 0 aliphatic carbocycles. The van der Waals surface area contributed by atoms with E-state index in [9.17, 15) is 14.0 Å². The fourth-order valence-corrected chi connectivity index (χ4v) is 4.89. The van der Waals surface area contributed by atoms with Crippen LogP contribution >= 0.6 is 23.1 Å². The van der Waals surface area contributed by atoms with E-state index in [1.165, 1.54) is 51.9 Å². The van der Waals surface area contributed by atoms with Crippen molar-refractivity contribution < 1.29 is 13.6 Å². The molecule has 4 rings (SSSR count). The maximum Gasteiger partial charge on any atom is 0.263 e. The summed E-state index contributed by atoms with van der Waals surface area (Å²) >= 11 is 2.53. The average molecular weight is 441 g/mol. The molecule has 3 aromatic heterocycles. The molecular weight excluding hydrogens is 423 g/mol. The van der Waals surface area contributed by atoms with Crippen LogP contribution in [0.5, 0.6) is 0 Å². The van der Waals surface area contributed by atoms with E-state index in [1.807, 2.05) is 24.4 Å². The molecule has 0 unspecified atom stereocenters. The van der Waals surface area contributed by atoms with E-state index in [2.05, 4.69) is 11.6 Å². The largest absolute Gasteiger partial charge is 0.461 e. The minimum absolute atomic E-state index is 0.0797. The van der Waals surface area contributed by atoms with Gasteiger partial charge in [0.15, 0.2) is 10.9 Å². The molecule has 0 amide bonds. The van der Waals surface area contributed by atoms with Crippen LogP contribution in [0.25, 0.3) is 21.5 Å². The van der Waals surface area contributed by atoms with Crippen LogP contribution in [0.4, 0.5) is 4.39 Å². The number of furan rings is 1. The van der Waals surface area contributed by atoms with Gasteiger partial charge in [0.05, 0.1) is 11.1 Å². The second kappa shape index (κ2) is 8.41. The summed E-state index contributed by atoms with van der Waals surface area (Å²) in [6.45, 7) is 5.84. The third-order valence-corrected chi connectivity index (χ3v) is 6.32. The van der Waals surface area contributed by atoms with Crippen LogP contribution in [0.2, 0.25) is 0 Å². The highest BCUT2D eigenvalue weighted by Gasteiger charge is 2.19. The zero-order chi connectivity index (χ0) is 21.3. The summed E-state index contributed by atoms with van der Waals surface area (Å²) in [5.41, 5.74) is 0.911. The molecule has 0 saturated heterocycles. The molecule has 0 aliphatic heterocycles. The number of Topliss-reactive ketones (excluding diaryl/α,β-unsaturated/α-hetero) is 1. The SMILES string of the molecule is C=CCn1c(SCC(=O)c2ccc(F)cc2)nc2scc(-c3ccc(C)o3)c2c1=O. The van der Waals surface area contributed by atoms with Gasteiger partial charge in [0.25, 0.3) is 5.56 Å². The molecule has 30 heavy (non-hydrogen) atoms. The molecule has 0 aliphatic rings. The molecule has 0 spiro atoms. The molecule has 5 nitrogen and oxygen atoms in total. The zero-order valence-corrected chi connectivity index (χ0v) is 17.7. The molecule has 0 radical (unpaired) electrons. The van der Waals surface area contributed by atoms with E-state index in [1.54, 1.807) is 6.08 Å². The first-order valence-electron chi connectivity index (χ1n) is 9.09. The molecule has 0 atom stereocenters. The Kier molecular flexibility index (Phi) is 5.69. The molecule has 8 heteroatoms. The molecule has 152 valence electrons. The average Bonchev–Trinajstić information content (AvgIpc) is 3.35. The van der Waals surface area contributed by atoms with Crippen LogP contribution in [0, 0.1) is 12.7 Å². The lowest BCUT2D eigenvalue weighted by Gasteiger charge is -2.10. The minimum Gasteiger partial charge on any atom is -0.461 e. The highest BCUT2D eigenvalue weighted by molar-refractivity contribution is 7.99. The highest BCUT2D eigenvalue weighted by Crippen LogP contribution is 2.33. The Labute approximate surface area is 179 Å². The van der Waals surface area contributed by atoms with Crippen LogP contribution in [0.15, 0.2) is 68.8 Å². The number of fused-ring (bicyclic) bond motifs is 1. The Morgan fingerprint density at radius 2 is 2.07 bits per heavy atom. The van der Waals surface area contributed by atoms with Gasteiger partial charge in [-0.3, -0.25) is 14.2 Å². The number of aromatic nitrogens is 2. The van der Waals surface area contributed by atoms with Gasteiger partial charge in [0.2, 0.25) is 0 Å². The summed E-state index contributed by atoms with van der Waals surface area (Å²) in [6.07, 6.45) is 1.61. The summed E-state index contributed by atoms with van der Waals surface area (Å²) in [5, 5.41) is 2.78. The maximum absolute atomic E-state index is 13.3. The van der Waals surface area contributed by atoms with E-state index < -0.39 is 5.82 Å². The number of nitrogens with zero attached hydrogens (tertiary/aromatic N) is 2. The van der Waals surface area contributed by atoms with E-state index in [4.69, 9.17) is 4.42 Å². The van der Waals surface area contributed by atoms with Crippen LogP contribution in [0.1, 0.15) is 16.1 Å². The van der Waals surface area contributed by atoms with Crippen molar-refractivity contribution in [1.82, 2.24) is 9.55 Å². The second-order valence-electron chi connectivity index (χ2n) is 6.56. The number of hydrogen-bond acceptors (Lipinski definition) is 6. The monoisotopic (exact) mass is 440 g/mol. The fourth-order valence-electron chi connectivity index (χ4n) is 3.02. The first-order chi connectivity index (χ1) is 14.5. The van der Waals surface area contributed by atoms with Crippen molar-refractivity contribution in [2.24, 2.45) is 0 Å². The third kappa shape index (κ3) is 3.88. The number of thioether (sulfide) groups is 1. The Morgan fingerprint density at radius 3 is 2.73 bits per heavy atom. The molecule has 3 heterocycles. The molecule has 0 fully saturated rings. The number of thiophene rings is 1. The first kappa shape index (κ1) is 20.3. The van der Waals surface area contributed by atoms with Crippen molar-refractivity contribution >= 4 is 39.1 Å². The topological polar surface area (TPSA) is 65.1 Å². The number of allylic oxidation sites excluding steroid dienone is 1. The number of benzene rings is 1. The number of aryl methyl sites for hydroxylation is 1. The van der Waals surface area contributed by atoms with E-state index in [0.29, 0.717) is 32.3 Å². The first-order valence-corrected chi connectivity index (χ1v) is 11.0. The van der Waals surface area contributed by atoms with Gasteiger partial charge in [-0.05, 0) is 43.3 Å². The lowest BCUT2D eigenvalue weighted by atomic mass is 10.1. The normalized spacial score (nSPS) is 11.1. The Balaban J connectivity index is 1.70. The number of hydrogen-bond donors (Lipinski definition) is 0. The van der Waals surface area contributed by atoms with E-state index in [-0.39, 0.29) is 23.6 Å². The Bertz CT molecular complexity index is 1300. The second-order valence-corrected chi connectivity index (χ2v) is 8.36. The fraction of sp³-hybridized carbons (Fsp3) is 0.136. The van der Waals surface area contributed by atoms with Gasteiger partial charge in [0, 0.05) is 23.1 Å². The smallest absolute Gasteiger partial charge is 0.263 e. The third-order valence-electron chi connectivity index (χ3n) is 4.47.